The van der Waals surface area contributed by atoms with Gasteiger partial charge in [0.05, 0.1) is 19.5 Å². The molecule has 0 bridgehead atoms. The van der Waals surface area contributed by atoms with Crippen molar-refractivity contribution in [1.82, 2.24) is 0 Å². The summed E-state index contributed by atoms with van der Waals surface area (Å²) >= 11 is 0. The number of unbranched alkanes of at least 4 members (excludes halogenated alkanes) is 7. The Hall–Kier alpha value is -0.350. The monoisotopic (exact) mass is 280 g/mol. The standard InChI is InChI=1S/C12H25O5P/c1-2-16-11-9-7-5-3-4-6-8-10-12-17-18(13,14)15/h2H,1,3-12H2,(H2,13,14,15). The predicted octanol–water partition coefficient (Wildman–Crippen LogP) is 3.38. The van der Waals surface area contributed by atoms with Gasteiger partial charge in [0, 0.05) is 0 Å². The van der Waals surface area contributed by atoms with Crippen molar-refractivity contribution in [1.29, 1.82) is 0 Å². The van der Waals surface area contributed by atoms with Crippen molar-refractivity contribution in [2.45, 2.75) is 51.4 Å². The van der Waals surface area contributed by atoms with Gasteiger partial charge in [0.25, 0.3) is 0 Å². The summed E-state index contributed by atoms with van der Waals surface area (Å²) in [6.07, 6.45) is 10.0. The molecular formula is C12H25O5P. The molecule has 0 fully saturated rings. The summed E-state index contributed by atoms with van der Waals surface area (Å²) in [5.41, 5.74) is 0. The molecule has 6 heteroatoms. The molecule has 0 spiro atoms. The van der Waals surface area contributed by atoms with Gasteiger partial charge in [-0.15, -0.1) is 0 Å². The molecule has 0 atom stereocenters. The van der Waals surface area contributed by atoms with Crippen LogP contribution in [0.5, 0.6) is 0 Å². The third kappa shape index (κ3) is 15.6. The summed E-state index contributed by atoms with van der Waals surface area (Å²) in [6, 6.07) is 0. The second-order valence-corrected chi connectivity index (χ2v) is 5.43. The van der Waals surface area contributed by atoms with Crippen molar-refractivity contribution < 1.29 is 23.6 Å². The molecule has 18 heavy (non-hydrogen) atoms. The Kier molecular flexibility index (Phi) is 11.5. The second kappa shape index (κ2) is 11.7. The van der Waals surface area contributed by atoms with Crippen molar-refractivity contribution in [3.8, 4) is 0 Å². The largest absolute Gasteiger partial charge is 0.502 e. The Balaban J connectivity index is 3.03. The molecule has 0 heterocycles. The van der Waals surface area contributed by atoms with E-state index in [2.05, 4.69) is 11.1 Å². The van der Waals surface area contributed by atoms with Crippen LogP contribution < -0.4 is 0 Å². The number of rotatable bonds is 13. The van der Waals surface area contributed by atoms with Crippen molar-refractivity contribution in [2.75, 3.05) is 13.2 Å². The van der Waals surface area contributed by atoms with Crippen LogP contribution in [0.3, 0.4) is 0 Å². The molecule has 0 aliphatic carbocycles. The van der Waals surface area contributed by atoms with Gasteiger partial charge in [-0.1, -0.05) is 45.1 Å². The summed E-state index contributed by atoms with van der Waals surface area (Å²) in [5, 5.41) is 0. The first-order valence-corrected chi connectivity index (χ1v) is 8.02. The summed E-state index contributed by atoms with van der Waals surface area (Å²) in [4.78, 5) is 16.9. The number of ether oxygens (including phenoxy) is 1. The smallest absolute Gasteiger partial charge is 0.469 e. The molecule has 0 aromatic rings. The lowest BCUT2D eigenvalue weighted by Gasteiger charge is -2.05. The maximum absolute atomic E-state index is 10.4. The summed E-state index contributed by atoms with van der Waals surface area (Å²) < 4.78 is 19.7. The Labute approximate surface area is 109 Å². The van der Waals surface area contributed by atoms with Gasteiger partial charge in [-0.3, -0.25) is 4.52 Å². The van der Waals surface area contributed by atoms with Crippen LogP contribution in [0.15, 0.2) is 12.8 Å². The van der Waals surface area contributed by atoms with Crippen molar-refractivity contribution >= 4 is 7.82 Å². The van der Waals surface area contributed by atoms with Crippen LogP contribution in [0.25, 0.3) is 0 Å². The minimum Gasteiger partial charge on any atom is -0.502 e. The number of hydrogen-bond donors (Lipinski definition) is 2. The number of phosphoric acid groups is 1. The highest BCUT2D eigenvalue weighted by atomic mass is 31.2. The van der Waals surface area contributed by atoms with Crippen LogP contribution in [0.2, 0.25) is 0 Å². The normalized spacial score (nSPS) is 11.4. The first-order valence-electron chi connectivity index (χ1n) is 6.49. The first-order chi connectivity index (χ1) is 8.56. The van der Waals surface area contributed by atoms with E-state index in [1.165, 1.54) is 25.5 Å². The molecule has 0 aromatic carbocycles. The van der Waals surface area contributed by atoms with Crippen molar-refractivity contribution in [3.63, 3.8) is 0 Å². The fourth-order valence-corrected chi connectivity index (χ4v) is 1.98. The zero-order chi connectivity index (χ0) is 13.7. The molecule has 0 unspecified atom stereocenters. The molecule has 5 nitrogen and oxygen atoms in total. The second-order valence-electron chi connectivity index (χ2n) is 4.19. The minimum absolute atomic E-state index is 0.142. The molecule has 0 saturated heterocycles. The van der Waals surface area contributed by atoms with Gasteiger partial charge >= 0.3 is 7.82 Å². The van der Waals surface area contributed by atoms with E-state index in [0.717, 1.165) is 32.3 Å². The zero-order valence-corrected chi connectivity index (χ0v) is 11.8. The molecule has 0 aromatic heterocycles. The molecule has 0 radical (unpaired) electrons. The molecule has 0 rings (SSSR count). The molecule has 0 aliphatic rings. The maximum Gasteiger partial charge on any atom is 0.469 e. The third-order valence-corrected chi connectivity index (χ3v) is 3.05. The van der Waals surface area contributed by atoms with E-state index in [0.29, 0.717) is 6.42 Å². The summed E-state index contributed by atoms with van der Waals surface area (Å²) in [5.74, 6) is 0. The Morgan fingerprint density at radius 3 is 1.78 bits per heavy atom. The van der Waals surface area contributed by atoms with Gasteiger partial charge in [-0.25, -0.2) is 4.57 Å². The average Bonchev–Trinajstić information content (AvgIpc) is 2.29. The fraction of sp³-hybridized carbons (Fsp3) is 0.833. The first kappa shape index (κ1) is 17.6. The average molecular weight is 280 g/mol. The summed E-state index contributed by atoms with van der Waals surface area (Å²) in [7, 11) is -4.26. The van der Waals surface area contributed by atoms with Crippen LogP contribution >= 0.6 is 7.82 Å². The van der Waals surface area contributed by atoms with Gasteiger partial charge in [-0.05, 0) is 12.8 Å². The molecule has 0 aliphatic heterocycles. The highest BCUT2D eigenvalue weighted by Crippen LogP contribution is 2.35. The van der Waals surface area contributed by atoms with Crippen LogP contribution in [0.1, 0.15) is 51.4 Å². The van der Waals surface area contributed by atoms with E-state index in [9.17, 15) is 4.57 Å². The highest BCUT2D eigenvalue weighted by Gasteiger charge is 2.12. The lowest BCUT2D eigenvalue weighted by Crippen LogP contribution is -1.92. The predicted molar refractivity (Wildman–Crippen MR) is 71.1 cm³/mol. The topological polar surface area (TPSA) is 76.0 Å². The van der Waals surface area contributed by atoms with E-state index in [1.54, 1.807) is 0 Å². The van der Waals surface area contributed by atoms with E-state index >= 15 is 0 Å². The van der Waals surface area contributed by atoms with Crippen molar-refractivity contribution in [2.24, 2.45) is 0 Å². The van der Waals surface area contributed by atoms with Gasteiger partial charge < -0.3 is 14.5 Å². The van der Waals surface area contributed by atoms with Gasteiger partial charge in [0.2, 0.25) is 0 Å². The molecule has 2 N–H and O–H groups in total. The Morgan fingerprint density at radius 1 is 0.889 bits per heavy atom. The molecule has 0 saturated carbocycles. The zero-order valence-electron chi connectivity index (χ0n) is 10.9. The quantitative estimate of drug-likeness (QED) is 0.307. The Bertz CT molecular complexity index is 239. The minimum atomic E-state index is -4.26. The van der Waals surface area contributed by atoms with Gasteiger partial charge in [0.1, 0.15) is 0 Å². The fourth-order valence-electron chi connectivity index (χ4n) is 1.61. The SMILES string of the molecule is C=COCCCCCCCCCCOP(=O)(O)O. The van der Waals surface area contributed by atoms with E-state index in [1.807, 2.05) is 0 Å². The number of phosphoric ester groups is 1. The van der Waals surface area contributed by atoms with Crippen LogP contribution in [-0.2, 0) is 13.8 Å². The van der Waals surface area contributed by atoms with E-state index < -0.39 is 7.82 Å². The molecular weight excluding hydrogens is 255 g/mol. The van der Waals surface area contributed by atoms with Crippen molar-refractivity contribution in [3.05, 3.63) is 12.8 Å². The van der Waals surface area contributed by atoms with Gasteiger partial charge in [-0.2, -0.15) is 0 Å². The van der Waals surface area contributed by atoms with E-state index in [-0.39, 0.29) is 6.61 Å². The third-order valence-electron chi connectivity index (χ3n) is 2.53. The van der Waals surface area contributed by atoms with Crippen LogP contribution in [0.4, 0.5) is 0 Å². The maximum atomic E-state index is 10.4. The molecule has 0 amide bonds. The van der Waals surface area contributed by atoms with E-state index in [4.69, 9.17) is 14.5 Å². The lowest BCUT2D eigenvalue weighted by molar-refractivity contribution is 0.193. The summed E-state index contributed by atoms with van der Waals surface area (Å²) in [6.45, 7) is 4.37. The van der Waals surface area contributed by atoms with Crippen LogP contribution in [-0.4, -0.2) is 23.0 Å². The number of hydrogen-bond acceptors (Lipinski definition) is 3. The Morgan fingerprint density at radius 2 is 1.33 bits per heavy atom. The van der Waals surface area contributed by atoms with Gasteiger partial charge in [0.15, 0.2) is 0 Å². The molecule has 108 valence electrons. The lowest BCUT2D eigenvalue weighted by atomic mass is 10.1. The van der Waals surface area contributed by atoms with Crippen LogP contribution in [0, 0.1) is 0 Å². The highest BCUT2D eigenvalue weighted by molar-refractivity contribution is 7.46.